The van der Waals surface area contributed by atoms with Crippen LogP contribution in [-0.4, -0.2) is 242 Å². The van der Waals surface area contributed by atoms with Crippen LogP contribution in [0.3, 0.4) is 0 Å². The summed E-state index contributed by atoms with van der Waals surface area (Å²) in [5.74, 6) is -7.59. The Morgan fingerprint density at radius 2 is 1.16 bits per heavy atom. The summed E-state index contributed by atoms with van der Waals surface area (Å²) in [6.07, 6.45) is -33.2. The van der Waals surface area contributed by atoms with Crippen molar-refractivity contribution in [2.24, 2.45) is 0 Å². The quantitative estimate of drug-likeness (QED) is 0.0281. The van der Waals surface area contributed by atoms with Crippen LogP contribution in [0.15, 0.2) is 84.9 Å². The van der Waals surface area contributed by atoms with Gasteiger partial charge in [0.25, 0.3) is 0 Å². The highest BCUT2D eigenvalue weighted by atomic mass is 16.8. The molecule has 4 fully saturated rings. The first-order valence-electron chi connectivity index (χ1n) is 24.7. The zero-order chi connectivity index (χ0) is 58.0. The van der Waals surface area contributed by atoms with Crippen LogP contribution in [0.4, 0.5) is 0 Å². The standard InChI is InChI=1S/C52H62O28/c1-24(56)70-22-34-38(62)41(65)43(67)50(74-34)76-45-44(75-36(60)17-11-25-8-13-28(57)14-9-25)33(21-55)73-51(46(45)77-49-42(66)40(64)37(61)31(19-53)72-49)80-52(23-71-35(59)16-12-26-10-15-29(58)30(18-26)69-2)47(39(63)32(20-54)79-52)78-48(68)27-6-4-3-5-7-27/h3-18,31-34,37-47,49-51,53-55,57-58,61-67H,19-23H2,1-2H3/t31-,32-,33-,34-,37-,38-,39-,40+,41+,42-,43-,44-,45+,46-,47+,49+,50+,51-,52+/m1/s1. The largest absolute Gasteiger partial charge is 0.508 e. The Morgan fingerprint density at radius 1 is 0.588 bits per heavy atom. The molecule has 12 N–H and O–H groups in total. The van der Waals surface area contributed by atoms with Gasteiger partial charge in [-0.25, -0.2) is 14.4 Å². The Balaban J connectivity index is 1.36. The summed E-state index contributed by atoms with van der Waals surface area (Å²) in [7, 11) is 1.29. The van der Waals surface area contributed by atoms with Gasteiger partial charge in [-0.15, -0.1) is 0 Å². The number of rotatable bonds is 21. The van der Waals surface area contributed by atoms with Gasteiger partial charge in [0.2, 0.25) is 5.79 Å². The number of benzene rings is 3. The average Bonchev–Trinajstić information content (AvgIpc) is 3.90. The molecule has 0 bridgehead atoms. The third-order valence-electron chi connectivity index (χ3n) is 13.1. The molecule has 4 aliphatic rings. The van der Waals surface area contributed by atoms with Crippen LogP contribution in [0.25, 0.3) is 12.2 Å². The van der Waals surface area contributed by atoms with E-state index in [1.807, 2.05) is 0 Å². The van der Waals surface area contributed by atoms with E-state index in [9.17, 15) is 80.5 Å². The van der Waals surface area contributed by atoms with Crippen molar-refractivity contribution in [2.75, 3.05) is 40.1 Å². The van der Waals surface area contributed by atoms with Crippen LogP contribution in [0.2, 0.25) is 0 Å². The maximum Gasteiger partial charge on any atom is 0.338 e. The highest BCUT2D eigenvalue weighted by Crippen LogP contribution is 2.42. The molecule has 28 heteroatoms. The number of esters is 4. The van der Waals surface area contributed by atoms with Crippen molar-refractivity contribution in [3.8, 4) is 17.2 Å². The molecule has 19 atom stereocenters. The third kappa shape index (κ3) is 14.4. The lowest BCUT2D eigenvalue weighted by Crippen LogP contribution is -2.69. The minimum absolute atomic E-state index is 0.0402. The molecule has 4 saturated heterocycles. The van der Waals surface area contributed by atoms with Gasteiger partial charge in [-0.3, -0.25) is 4.79 Å². The summed E-state index contributed by atoms with van der Waals surface area (Å²) >= 11 is 0. The van der Waals surface area contributed by atoms with Gasteiger partial charge in [-0.2, -0.15) is 0 Å². The topological polar surface area (TPSA) is 422 Å². The number of aromatic hydroxyl groups is 2. The second-order valence-electron chi connectivity index (χ2n) is 18.6. The number of ether oxygens (including phenoxy) is 12. The van der Waals surface area contributed by atoms with E-state index in [0.29, 0.717) is 11.1 Å². The Kier molecular flexibility index (Phi) is 21.1. The van der Waals surface area contributed by atoms with Crippen LogP contribution in [0, 0.1) is 0 Å². The molecule has 4 heterocycles. The molecule has 0 unspecified atom stereocenters. The Hall–Kier alpha value is -6.26. The maximum atomic E-state index is 13.9. The molecule has 3 aromatic carbocycles. The predicted molar refractivity (Wildman–Crippen MR) is 262 cm³/mol. The molecule has 0 saturated carbocycles. The normalized spacial score (nSPS) is 34.5. The predicted octanol–water partition coefficient (Wildman–Crippen LogP) is -3.36. The minimum Gasteiger partial charge on any atom is -0.508 e. The van der Waals surface area contributed by atoms with Gasteiger partial charge in [-0.1, -0.05) is 36.4 Å². The first-order chi connectivity index (χ1) is 38.2. The molecule has 28 nitrogen and oxygen atoms in total. The van der Waals surface area contributed by atoms with Crippen molar-refractivity contribution in [1.29, 1.82) is 0 Å². The van der Waals surface area contributed by atoms with E-state index in [2.05, 4.69) is 0 Å². The molecule has 0 spiro atoms. The van der Waals surface area contributed by atoms with Crippen molar-refractivity contribution in [2.45, 2.75) is 123 Å². The summed E-state index contributed by atoms with van der Waals surface area (Å²) in [6.45, 7) is -4.17. The molecule has 3 aromatic rings. The number of phenols is 2. The van der Waals surface area contributed by atoms with E-state index in [-0.39, 0.29) is 22.8 Å². The fourth-order valence-electron chi connectivity index (χ4n) is 8.87. The lowest BCUT2D eigenvalue weighted by atomic mass is 9.95. The Bertz CT molecular complexity index is 2600. The van der Waals surface area contributed by atoms with Crippen LogP contribution in [0.5, 0.6) is 17.2 Å². The SMILES string of the molecule is COc1cc(C=CC(=O)OC[C@@]2(O[C@H]3O[C@H](CO)[C@@H](OC(=O)C=Cc4ccc(O)cc4)[C@H](O[C@@H]4O[C@H](COC(C)=O)[C@@H](O)[C@H](O)[C@H]4O)[C@H]3O[C@@H]3O[C@H](CO)[C@@H](O)[C@H](O)[C@H]3O)O[C@H](CO)[C@@H](O)[C@@H]2OC(=O)c2ccccc2)ccc1O. The van der Waals surface area contributed by atoms with Crippen LogP contribution in [0.1, 0.15) is 28.4 Å². The van der Waals surface area contributed by atoms with Crippen molar-refractivity contribution >= 4 is 36.0 Å². The average molecular weight is 1140 g/mol. The van der Waals surface area contributed by atoms with Crippen molar-refractivity contribution in [1.82, 2.24) is 0 Å². The Labute approximate surface area is 454 Å². The molecular formula is C52H62O28. The molecule has 80 heavy (non-hydrogen) atoms. The number of hydrogen-bond donors (Lipinski definition) is 12. The number of aliphatic hydroxyl groups excluding tert-OH is 10. The third-order valence-corrected chi connectivity index (χ3v) is 13.1. The fourth-order valence-corrected chi connectivity index (χ4v) is 8.87. The van der Waals surface area contributed by atoms with Crippen molar-refractivity contribution in [3.05, 3.63) is 102 Å². The molecular weight excluding hydrogens is 1070 g/mol. The highest BCUT2D eigenvalue weighted by molar-refractivity contribution is 5.90. The van der Waals surface area contributed by atoms with Gasteiger partial charge in [0.1, 0.15) is 98.3 Å². The first-order valence-corrected chi connectivity index (χ1v) is 24.7. The van der Waals surface area contributed by atoms with Gasteiger partial charge < -0.3 is 118 Å². The lowest BCUT2D eigenvalue weighted by Gasteiger charge is -2.50. The van der Waals surface area contributed by atoms with E-state index in [1.54, 1.807) is 6.07 Å². The summed E-state index contributed by atoms with van der Waals surface area (Å²) in [6, 6.07) is 16.7. The molecule has 0 radical (unpaired) electrons. The van der Waals surface area contributed by atoms with Gasteiger partial charge in [0.15, 0.2) is 42.6 Å². The molecule has 438 valence electrons. The Morgan fingerprint density at radius 3 is 1.79 bits per heavy atom. The zero-order valence-corrected chi connectivity index (χ0v) is 42.6. The number of phenolic OH excluding ortho intramolecular Hbond substituents is 2. The second kappa shape index (κ2) is 27.5. The maximum absolute atomic E-state index is 13.9. The molecule has 0 aliphatic carbocycles. The summed E-state index contributed by atoms with van der Waals surface area (Å²) in [5, 5.41) is 130. The van der Waals surface area contributed by atoms with E-state index >= 15 is 0 Å². The fraction of sp³-hybridized carbons (Fsp3) is 0.500. The van der Waals surface area contributed by atoms with Crippen LogP contribution >= 0.6 is 0 Å². The van der Waals surface area contributed by atoms with E-state index in [0.717, 1.165) is 19.1 Å². The highest BCUT2D eigenvalue weighted by Gasteiger charge is 2.64. The second-order valence-corrected chi connectivity index (χ2v) is 18.6. The number of carbonyl (C=O) groups is 4. The summed E-state index contributed by atoms with van der Waals surface area (Å²) < 4.78 is 70.4. The van der Waals surface area contributed by atoms with Crippen molar-refractivity contribution < 1.29 is 137 Å². The zero-order valence-electron chi connectivity index (χ0n) is 42.6. The number of methoxy groups -OCH3 is 1. The summed E-state index contributed by atoms with van der Waals surface area (Å²) in [4.78, 5) is 53.3. The number of aliphatic hydroxyl groups is 10. The smallest absolute Gasteiger partial charge is 0.338 e. The molecule has 0 aromatic heterocycles. The van der Waals surface area contributed by atoms with E-state index < -0.39 is 173 Å². The number of carbonyl (C=O) groups excluding carboxylic acids is 4. The summed E-state index contributed by atoms with van der Waals surface area (Å²) in [5.41, 5.74) is 0.567. The van der Waals surface area contributed by atoms with E-state index in [4.69, 9.17) is 56.8 Å². The van der Waals surface area contributed by atoms with Gasteiger partial charge in [0.05, 0.1) is 32.5 Å². The van der Waals surface area contributed by atoms with Crippen LogP contribution < -0.4 is 4.74 Å². The number of hydrogen-bond acceptors (Lipinski definition) is 28. The monoisotopic (exact) mass is 1130 g/mol. The van der Waals surface area contributed by atoms with E-state index in [1.165, 1.54) is 86.0 Å². The van der Waals surface area contributed by atoms with Crippen LogP contribution in [-0.2, 0) is 66.5 Å². The van der Waals surface area contributed by atoms with Gasteiger partial charge >= 0.3 is 23.9 Å². The minimum atomic E-state index is -2.90. The molecule has 4 aliphatic heterocycles. The van der Waals surface area contributed by atoms with Gasteiger partial charge in [0, 0.05) is 19.1 Å². The lowest BCUT2D eigenvalue weighted by molar-refractivity contribution is -0.421. The molecule has 0 amide bonds. The van der Waals surface area contributed by atoms with Gasteiger partial charge in [-0.05, 0) is 59.7 Å². The first kappa shape index (κ1) is 61.4. The molecule has 7 rings (SSSR count). The van der Waals surface area contributed by atoms with Crippen molar-refractivity contribution in [3.63, 3.8) is 0 Å².